The summed E-state index contributed by atoms with van der Waals surface area (Å²) in [6.07, 6.45) is 0. The van der Waals surface area contributed by atoms with E-state index in [1.54, 1.807) is 19.9 Å². The number of hydrogen-bond donors (Lipinski definition) is 0. The third kappa shape index (κ3) is 2.85. The van der Waals surface area contributed by atoms with Crippen molar-refractivity contribution in [1.29, 1.82) is 5.26 Å². The third-order valence-electron chi connectivity index (χ3n) is 1.21. The van der Waals surface area contributed by atoms with Crippen LogP contribution in [0, 0.1) is 11.3 Å². The van der Waals surface area contributed by atoms with E-state index in [9.17, 15) is 9.36 Å². The zero-order valence-corrected chi connectivity index (χ0v) is 8.34. The molecule has 0 aromatic carbocycles. The van der Waals surface area contributed by atoms with E-state index in [2.05, 4.69) is 0 Å². The van der Waals surface area contributed by atoms with Crippen molar-refractivity contribution in [3.8, 4) is 6.07 Å². The van der Waals surface area contributed by atoms with Crippen LogP contribution >= 0.6 is 8.46 Å². The molecule has 0 aliphatic rings. The van der Waals surface area contributed by atoms with Crippen LogP contribution in [0.15, 0.2) is 0 Å². The van der Waals surface area contributed by atoms with Crippen LogP contribution in [0.5, 0.6) is 0 Å². The highest BCUT2D eigenvalue weighted by Gasteiger charge is 2.41. The van der Waals surface area contributed by atoms with Crippen LogP contribution in [-0.2, 0) is 18.8 Å². The van der Waals surface area contributed by atoms with Gasteiger partial charge in [-0.05, 0) is 13.8 Å². The number of nitrogens with zero attached hydrogens (tertiary/aromatic N) is 1. The molecule has 13 heavy (non-hydrogen) atoms. The van der Waals surface area contributed by atoms with E-state index >= 15 is 0 Å². The summed E-state index contributed by atoms with van der Waals surface area (Å²) < 4.78 is 20.0. The number of nitriles is 1. The summed E-state index contributed by atoms with van der Waals surface area (Å²) in [5, 5.41) is 8.68. The monoisotopic (exact) mass is 203 g/mol. The fraction of sp³-hybridized carbons (Fsp3) is 0.714. The molecular formula is C7H10NO4P. The Morgan fingerprint density at radius 1 is 1.46 bits per heavy atom. The molecule has 0 spiro atoms. The third-order valence-corrected chi connectivity index (χ3v) is 1.67. The van der Waals surface area contributed by atoms with Gasteiger partial charge in [-0.2, -0.15) is 5.26 Å². The Bertz CT molecular complexity index is 229. The fourth-order valence-electron chi connectivity index (χ4n) is 0.744. The molecule has 0 fully saturated rings. The molecule has 0 saturated carbocycles. The van der Waals surface area contributed by atoms with Crippen LogP contribution in [0.2, 0.25) is 0 Å². The molecule has 0 bridgehead atoms. The second-order valence-electron chi connectivity index (χ2n) is 1.99. The molecule has 72 valence electrons. The minimum Gasteiger partial charge on any atom is -0.332 e. The summed E-state index contributed by atoms with van der Waals surface area (Å²) in [5.74, 6) is -2.01. The molecule has 0 heterocycles. The standard InChI is InChI=1S/C7H10NO4P/c1-3-11-7(5-8,12-4-2)6(9)13-10/h3-4H2,1-2H3. The predicted octanol–water partition coefficient (Wildman–Crippen LogP) is 1.10. The summed E-state index contributed by atoms with van der Waals surface area (Å²) in [5.41, 5.74) is -0.918. The summed E-state index contributed by atoms with van der Waals surface area (Å²) in [6.45, 7) is 3.49. The van der Waals surface area contributed by atoms with Gasteiger partial charge in [-0.25, -0.2) is 0 Å². The highest BCUT2D eigenvalue weighted by atomic mass is 31.1. The van der Waals surface area contributed by atoms with Crippen molar-refractivity contribution < 1.29 is 18.8 Å². The molecule has 0 aromatic heterocycles. The van der Waals surface area contributed by atoms with Crippen LogP contribution in [0.3, 0.4) is 0 Å². The molecule has 5 nitrogen and oxygen atoms in total. The molecule has 0 N–H and O–H groups in total. The lowest BCUT2D eigenvalue weighted by Crippen LogP contribution is -2.40. The van der Waals surface area contributed by atoms with Gasteiger partial charge in [-0.1, -0.05) is 0 Å². The van der Waals surface area contributed by atoms with Gasteiger partial charge in [0.25, 0.3) is 5.52 Å². The van der Waals surface area contributed by atoms with E-state index in [-0.39, 0.29) is 13.2 Å². The number of ether oxygens (including phenoxy) is 2. The average molecular weight is 203 g/mol. The second-order valence-corrected chi connectivity index (χ2v) is 2.58. The van der Waals surface area contributed by atoms with Gasteiger partial charge in [-0.3, -0.25) is 9.36 Å². The topological polar surface area (TPSA) is 76.4 Å². The molecular weight excluding hydrogens is 193 g/mol. The molecule has 6 heteroatoms. The maximum atomic E-state index is 11.0. The molecule has 0 atom stereocenters. The van der Waals surface area contributed by atoms with Crippen molar-refractivity contribution in [1.82, 2.24) is 0 Å². The van der Waals surface area contributed by atoms with Gasteiger partial charge < -0.3 is 9.47 Å². The molecule has 0 rings (SSSR count). The molecule has 0 radical (unpaired) electrons. The lowest BCUT2D eigenvalue weighted by molar-refractivity contribution is -0.191. The summed E-state index contributed by atoms with van der Waals surface area (Å²) in [4.78, 5) is 11.0. The van der Waals surface area contributed by atoms with E-state index in [4.69, 9.17) is 14.7 Å². The highest BCUT2D eigenvalue weighted by molar-refractivity contribution is 7.46. The van der Waals surface area contributed by atoms with Crippen molar-refractivity contribution in [2.75, 3.05) is 13.2 Å². The van der Waals surface area contributed by atoms with Crippen LogP contribution in [0.1, 0.15) is 13.8 Å². The number of rotatable bonds is 6. The Labute approximate surface area is 77.8 Å². The molecule has 0 aliphatic carbocycles. The van der Waals surface area contributed by atoms with E-state index in [1.165, 1.54) is 0 Å². The lowest BCUT2D eigenvalue weighted by atomic mass is 10.3. The van der Waals surface area contributed by atoms with Gasteiger partial charge in [0.2, 0.25) is 8.46 Å². The van der Waals surface area contributed by atoms with Crippen molar-refractivity contribution in [2.45, 2.75) is 19.6 Å². The minimum atomic E-state index is -2.01. The first-order valence-corrected chi connectivity index (χ1v) is 4.55. The van der Waals surface area contributed by atoms with Gasteiger partial charge >= 0.3 is 5.79 Å². The normalized spacial score (nSPS) is 11.2. The van der Waals surface area contributed by atoms with Crippen LogP contribution in [0.4, 0.5) is 0 Å². The van der Waals surface area contributed by atoms with E-state index in [0.717, 1.165) is 0 Å². The highest BCUT2D eigenvalue weighted by Crippen LogP contribution is 2.19. The number of hydrogen-bond acceptors (Lipinski definition) is 5. The Morgan fingerprint density at radius 3 is 2.15 bits per heavy atom. The van der Waals surface area contributed by atoms with Gasteiger partial charge in [-0.15, -0.1) is 0 Å². The zero-order valence-electron chi connectivity index (χ0n) is 7.44. The van der Waals surface area contributed by atoms with E-state index in [0.29, 0.717) is 0 Å². The molecule has 0 saturated heterocycles. The van der Waals surface area contributed by atoms with Gasteiger partial charge in [0.1, 0.15) is 6.07 Å². The van der Waals surface area contributed by atoms with Crippen LogP contribution in [0.25, 0.3) is 0 Å². The average Bonchev–Trinajstić information content (AvgIpc) is 2.16. The zero-order chi connectivity index (χ0) is 10.3. The Morgan fingerprint density at radius 2 is 1.92 bits per heavy atom. The maximum absolute atomic E-state index is 11.0. The number of carbonyl (C=O) groups is 1. The summed E-state index contributed by atoms with van der Waals surface area (Å²) in [7, 11) is -0.789. The Hall–Kier alpha value is -0.820. The molecule has 0 amide bonds. The van der Waals surface area contributed by atoms with Crippen molar-refractivity contribution >= 4 is 14.0 Å². The smallest absolute Gasteiger partial charge is 0.332 e. The van der Waals surface area contributed by atoms with Crippen molar-refractivity contribution in [3.05, 3.63) is 0 Å². The Kier molecular flexibility index (Phi) is 5.40. The first kappa shape index (κ1) is 12.2. The molecule has 0 unspecified atom stereocenters. The fourth-order valence-corrected chi connectivity index (χ4v) is 1.04. The van der Waals surface area contributed by atoms with Crippen LogP contribution < -0.4 is 0 Å². The number of carbonyl (C=O) groups excluding carboxylic acids is 1. The van der Waals surface area contributed by atoms with Gasteiger partial charge in [0.05, 0.1) is 0 Å². The van der Waals surface area contributed by atoms with Crippen molar-refractivity contribution in [3.63, 3.8) is 0 Å². The van der Waals surface area contributed by atoms with Gasteiger partial charge in [0.15, 0.2) is 0 Å². The quantitative estimate of drug-likeness (QED) is 0.477. The molecule has 0 aromatic rings. The Balaban J connectivity index is 4.75. The summed E-state index contributed by atoms with van der Waals surface area (Å²) in [6, 6.07) is 1.57. The van der Waals surface area contributed by atoms with E-state index in [1.807, 2.05) is 0 Å². The van der Waals surface area contributed by atoms with Gasteiger partial charge in [0, 0.05) is 13.2 Å². The maximum Gasteiger partial charge on any atom is 0.332 e. The predicted molar refractivity (Wildman–Crippen MR) is 44.2 cm³/mol. The van der Waals surface area contributed by atoms with Crippen LogP contribution in [-0.4, -0.2) is 24.5 Å². The first-order valence-electron chi connectivity index (χ1n) is 3.73. The lowest BCUT2D eigenvalue weighted by Gasteiger charge is -2.20. The SMILES string of the molecule is CCOC(C#N)(OCC)C(=O)P=O. The first-order chi connectivity index (χ1) is 6.16. The summed E-state index contributed by atoms with van der Waals surface area (Å²) >= 11 is 0. The van der Waals surface area contributed by atoms with Crippen molar-refractivity contribution in [2.24, 2.45) is 0 Å². The molecule has 0 aliphatic heterocycles. The second kappa shape index (κ2) is 5.76. The minimum absolute atomic E-state index is 0.134. The largest absolute Gasteiger partial charge is 0.332 e. The van der Waals surface area contributed by atoms with E-state index < -0.39 is 19.8 Å².